The molecule has 1 unspecified atom stereocenters. The van der Waals surface area contributed by atoms with Gasteiger partial charge in [-0.05, 0) is 35.4 Å². The summed E-state index contributed by atoms with van der Waals surface area (Å²) in [6.45, 7) is 0. The van der Waals surface area contributed by atoms with Crippen LogP contribution in [-0.2, 0) is 22.4 Å². The Kier molecular flexibility index (Phi) is 5.29. The maximum absolute atomic E-state index is 12.7. The molecule has 0 bridgehead atoms. The summed E-state index contributed by atoms with van der Waals surface area (Å²) < 4.78 is 10.8. The normalized spacial score (nSPS) is 15.2. The Labute approximate surface area is 169 Å². The van der Waals surface area contributed by atoms with Crippen LogP contribution in [0.25, 0.3) is 0 Å². The zero-order valence-corrected chi connectivity index (χ0v) is 16.1. The largest absolute Gasteiger partial charge is 0.496 e. The number of nitrogens with one attached hydrogen (secondary N) is 1. The number of anilines is 1. The van der Waals surface area contributed by atoms with E-state index in [9.17, 15) is 9.59 Å². The summed E-state index contributed by atoms with van der Waals surface area (Å²) >= 11 is 0. The number of esters is 1. The number of rotatable bonds is 5. The van der Waals surface area contributed by atoms with Crippen LogP contribution < -0.4 is 10.1 Å². The van der Waals surface area contributed by atoms with Gasteiger partial charge in [-0.1, -0.05) is 48.5 Å². The summed E-state index contributed by atoms with van der Waals surface area (Å²) in [5.74, 6) is -0.0555. The van der Waals surface area contributed by atoms with Gasteiger partial charge in [0.1, 0.15) is 5.75 Å². The Morgan fingerprint density at radius 1 is 1.07 bits per heavy atom. The van der Waals surface area contributed by atoms with Gasteiger partial charge in [0.15, 0.2) is 6.10 Å². The summed E-state index contributed by atoms with van der Waals surface area (Å²) in [7, 11) is 1.63. The number of hydrogen-bond acceptors (Lipinski definition) is 4. The van der Waals surface area contributed by atoms with Crippen molar-refractivity contribution in [3.8, 4) is 5.75 Å². The molecule has 1 aliphatic heterocycles. The average Bonchev–Trinajstić information content (AvgIpc) is 2.75. The smallest absolute Gasteiger partial charge is 0.339 e. The van der Waals surface area contributed by atoms with Crippen LogP contribution in [0.3, 0.4) is 0 Å². The monoisotopic (exact) mass is 387 g/mol. The highest BCUT2D eigenvalue weighted by atomic mass is 16.5. The topological polar surface area (TPSA) is 64.6 Å². The molecular weight excluding hydrogens is 366 g/mol. The molecule has 0 saturated carbocycles. The fourth-order valence-corrected chi connectivity index (χ4v) is 3.51. The molecule has 0 aromatic heterocycles. The van der Waals surface area contributed by atoms with Crippen molar-refractivity contribution in [3.63, 3.8) is 0 Å². The molecule has 146 valence electrons. The van der Waals surface area contributed by atoms with Crippen molar-refractivity contribution >= 4 is 17.6 Å². The predicted molar refractivity (Wildman–Crippen MR) is 110 cm³/mol. The van der Waals surface area contributed by atoms with Crippen molar-refractivity contribution in [2.45, 2.75) is 18.9 Å². The number of fused-ring (bicyclic) bond motifs is 1. The molecule has 3 aromatic carbocycles. The van der Waals surface area contributed by atoms with E-state index in [1.54, 1.807) is 25.3 Å². The van der Waals surface area contributed by atoms with Gasteiger partial charge in [0, 0.05) is 24.1 Å². The number of methoxy groups -OCH3 is 1. The van der Waals surface area contributed by atoms with E-state index in [0.717, 1.165) is 22.4 Å². The molecule has 0 radical (unpaired) electrons. The zero-order chi connectivity index (χ0) is 20.2. The lowest BCUT2D eigenvalue weighted by atomic mass is 9.98. The Morgan fingerprint density at radius 3 is 2.62 bits per heavy atom. The Morgan fingerprint density at radius 2 is 1.83 bits per heavy atom. The molecule has 0 saturated heterocycles. The van der Waals surface area contributed by atoms with Crippen molar-refractivity contribution in [1.82, 2.24) is 0 Å². The molecule has 1 aliphatic rings. The van der Waals surface area contributed by atoms with Crippen molar-refractivity contribution in [2.24, 2.45) is 0 Å². The highest BCUT2D eigenvalue weighted by Gasteiger charge is 2.31. The lowest BCUT2D eigenvalue weighted by Gasteiger charge is -2.24. The number of hydrogen-bond donors (Lipinski definition) is 1. The van der Waals surface area contributed by atoms with Crippen LogP contribution in [0.2, 0.25) is 0 Å². The average molecular weight is 387 g/mol. The van der Waals surface area contributed by atoms with Crippen LogP contribution in [0.1, 0.15) is 27.0 Å². The van der Waals surface area contributed by atoms with E-state index in [1.807, 2.05) is 54.6 Å². The van der Waals surface area contributed by atoms with Gasteiger partial charge in [-0.15, -0.1) is 0 Å². The summed E-state index contributed by atoms with van der Waals surface area (Å²) in [6.07, 6.45) is 0.192. The zero-order valence-electron chi connectivity index (χ0n) is 16.1. The second kappa shape index (κ2) is 8.19. The highest BCUT2D eigenvalue weighted by Crippen LogP contribution is 2.26. The number of carbonyl (C=O) groups excluding carboxylic acids is 2. The van der Waals surface area contributed by atoms with Crippen LogP contribution >= 0.6 is 0 Å². The van der Waals surface area contributed by atoms with Gasteiger partial charge in [0.05, 0.1) is 12.7 Å². The molecule has 1 atom stereocenters. The second-order valence-electron chi connectivity index (χ2n) is 6.93. The fraction of sp³-hybridized carbons (Fsp3) is 0.167. The van der Waals surface area contributed by atoms with E-state index in [-0.39, 0.29) is 5.91 Å². The maximum atomic E-state index is 12.7. The molecule has 5 nitrogen and oxygen atoms in total. The molecule has 1 heterocycles. The minimum absolute atomic E-state index is 0.344. The van der Waals surface area contributed by atoms with Crippen LogP contribution in [0.4, 0.5) is 5.69 Å². The third kappa shape index (κ3) is 4.14. The Hall–Kier alpha value is -3.60. The summed E-state index contributed by atoms with van der Waals surface area (Å²) in [4.78, 5) is 24.9. The van der Waals surface area contributed by atoms with E-state index >= 15 is 0 Å². The first kappa shape index (κ1) is 18.7. The maximum Gasteiger partial charge on any atom is 0.339 e. The molecular formula is C24H21NO4. The van der Waals surface area contributed by atoms with Crippen molar-refractivity contribution in [3.05, 3.63) is 95.1 Å². The first-order chi connectivity index (χ1) is 14.1. The number of benzene rings is 3. The minimum Gasteiger partial charge on any atom is -0.496 e. The van der Waals surface area contributed by atoms with Gasteiger partial charge < -0.3 is 14.8 Å². The van der Waals surface area contributed by atoms with Gasteiger partial charge in [-0.3, -0.25) is 4.79 Å². The summed E-state index contributed by atoms with van der Waals surface area (Å²) in [5, 5.41) is 2.87. The van der Waals surface area contributed by atoms with Crippen LogP contribution in [-0.4, -0.2) is 25.1 Å². The van der Waals surface area contributed by atoms with Gasteiger partial charge in [0.25, 0.3) is 5.91 Å². The molecule has 4 rings (SSSR count). The van der Waals surface area contributed by atoms with Crippen LogP contribution in [0.5, 0.6) is 5.75 Å². The van der Waals surface area contributed by atoms with Crippen LogP contribution in [0.15, 0.2) is 72.8 Å². The molecule has 0 fully saturated rings. The lowest BCUT2D eigenvalue weighted by Crippen LogP contribution is -2.37. The Bertz CT molecular complexity index is 1050. The molecule has 5 heteroatoms. The second-order valence-corrected chi connectivity index (χ2v) is 6.93. The summed E-state index contributed by atoms with van der Waals surface area (Å²) in [6, 6.07) is 22.7. The van der Waals surface area contributed by atoms with Gasteiger partial charge >= 0.3 is 5.97 Å². The van der Waals surface area contributed by atoms with Crippen molar-refractivity contribution < 1.29 is 19.1 Å². The fourth-order valence-electron chi connectivity index (χ4n) is 3.51. The Balaban J connectivity index is 1.51. The molecule has 1 amide bonds. The van der Waals surface area contributed by atoms with E-state index in [2.05, 4.69) is 5.32 Å². The number of amides is 1. The van der Waals surface area contributed by atoms with Gasteiger partial charge in [-0.25, -0.2) is 4.79 Å². The van der Waals surface area contributed by atoms with E-state index in [4.69, 9.17) is 9.47 Å². The predicted octanol–water partition coefficient (Wildman–Crippen LogP) is 4.01. The van der Waals surface area contributed by atoms with Crippen LogP contribution in [0, 0.1) is 0 Å². The highest BCUT2D eigenvalue weighted by molar-refractivity contribution is 6.00. The third-order valence-corrected chi connectivity index (χ3v) is 4.97. The molecule has 0 spiro atoms. The quantitative estimate of drug-likeness (QED) is 0.672. The van der Waals surface area contributed by atoms with Crippen molar-refractivity contribution in [2.75, 3.05) is 12.4 Å². The first-order valence-corrected chi connectivity index (χ1v) is 9.44. The molecule has 29 heavy (non-hydrogen) atoms. The standard InChI is InChI=1S/C24H21NO4/c1-28-21-12-11-19(14-18(21)13-16-7-3-2-4-8-16)25-23(26)22-15-17-9-5-6-10-20(17)24(27)29-22/h2-12,14,22H,13,15H2,1H3,(H,25,26). The molecule has 1 N–H and O–H groups in total. The lowest BCUT2D eigenvalue weighted by molar-refractivity contribution is -0.125. The first-order valence-electron chi connectivity index (χ1n) is 9.44. The molecule has 3 aromatic rings. The van der Waals surface area contributed by atoms with E-state index in [1.165, 1.54) is 0 Å². The number of carbonyl (C=O) groups is 2. The minimum atomic E-state index is -0.850. The van der Waals surface area contributed by atoms with Gasteiger partial charge in [0.2, 0.25) is 0 Å². The van der Waals surface area contributed by atoms with Crippen molar-refractivity contribution in [1.29, 1.82) is 0 Å². The van der Waals surface area contributed by atoms with E-state index in [0.29, 0.717) is 24.1 Å². The number of ether oxygens (including phenoxy) is 2. The number of cyclic esters (lactones) is 1. The van der Waals surface area contributed by atoms with Gasteiger partial charge in [-0.2, -0.15) is 0 Å². The SMILES string of the molecule is COc1ccc(NC(=O)C2Cc3ccccc3C(=O)O2)cc1Cc1ccccc1. The molecule has 0 aliphatic carbocycles. The third-order valence-electron chi connectivity index (χ3n) is 4.97. The summed E-state index contributed by atoms with van der Waals surface area (Å²) in [5.41, 5.74) is 4.08. The van der Waals surface area contributed by atoms with E-state index < -0.39 is 12.1 Å².